The van der Waals surface area contributed by atoms with Gasteiger partial charge in [-0.3, -0.25) is 10.1 Å². The molecule has 37 heavy (non-hydrogen) atoms. The number of hydrogen-bond donors (Lipinski definition) is 3. The summed E-state index contributed by atoms with van der Waals surface area (Å²) in [4.78, 5) is 25.9. The van der Waals surface area contributed by atoms with Crippen LogP contribution in [-0.2, 0) is 11.2 Å². The van der Waals surface area contributed by atoms with Crippen molar-refractivity contribution in [3.63, 3.8) is 0 Å². The van der Waals surface area contributed by atoms with E-state index in [0.717, 1.165) is 11.1 Å². The molecule has 184 valence electrons. The smallest absolute Gasteiger partial charge is 0.319 e. The van der Waals surface area contributed by atoms with Gasteiger partial charge in [0.1, 0.15) is 11.0 Å². The van der Waals surface area contributed by atoms with Gasteiger partial charge < -0.3 is 20.1 Å². The monoisotopic (exact) mass is 512 g/mol. The molecule has 0 fully saturated rings. The molecule has 2 heterocycles. The molecule has 1 aliphatic heterocycles. The van der Waals surface area contributed by atoms with E-state index in [1.807, 2.05) is 48.5 Å². The topological polar surface area (TPSA) is 138 Å². The molecule has 1 aliphatic rings. The minimum Gasteiger partial charge on any atom is -0.454 e. The van der Waals surface area contributed by atoms with Crippen molar-refractivity contribution in [2.75, 3.05) is 17.4 Å². The fraction of sp³-hybridized carbons (Fsp3) is 0.115. The lowest BCUT2D eigenvalue weighted by molar-refractivity contribution is -0.117. The second kappa shape index (κ2) is 10.8. The summed E-state index contributed by atoms with van der Waals surface area (Å²) in [5, 5.41) is 26.3. The molecule has 3 aromatic carbocycles. The number of nitrogens with zero attached hydrogens (tertiary/aromatic N) is 3. The Hall–Kier alpha value is -4.95. The zero-order valence-corrected chi connectivity index (χ0v) is 20.1. The van der Waals surface area contributed by atoms with Crippen LogP contribution in [0.15, 0.2) is 72.8 Å². The lowest BCUT2D eigenvalue weighted by atomic mass is 10.1. The van der Waals surface area contributed by atoms with Gasteiger partial charge in [-0.15, -0.1) is 10.2 Å². The first kappa shape index (κ1) is 23.8. The molecule has 1 aromatic heterocycles. The van der Waals surface area contributed by atoms with E-state index < -0.39 is 18.0 Å². The van der Waals surface area contributed by atoms with Crippen molar-refractivity contribution in [1.82, 2.24) is 15.5 Å². The average Bonchev–Trinajstić information content (AvgIpc) is 3.58. The summed E-state index contributed by atoms with van der Waals surface area (Å²) in [6, 6.07) is 21.8. The molecule has 4 aromatic rings. The third kappa shape index (κ3) is 5.83. The number of ether oxygens (including phenoxy) is 2. The molecule has 0 saturated heterocycles. The van der Waals surface area contributed by atoms with Gasteiger partial charge in [0.2, 0.25) is 17.8 Å². The number of anilines is 2. The fourth-order valence-electron chi connectivity index (χ4n) is 3.63. The van der Waals surface area contributed by atoms with Crippen molar-refractivity contribution in [1.29, 1.82) is 5.26 Å². The Balaban J connectivity index is 1.28. The molecule has 0 unspecified atom stereocenters. The number of fused-ring (bicyclic) bond motifs is 1. The molecule has 0 saturated carbocycles. The zero-order valence-electron chi connectivity index (χ0n) is 19.3. The quantitative estimate of drug-likeness (QED) is 0.338. The van der Waals surface area contributed by atoms with E-state index in [-0.39, 0.29) is 13.2 Å². The fourth-order valence-corrected chi connectivity index (χ4v) is 4.37. The van der Waals surface area contributed by atoms with Gasteiger partial charge in [-0.25, -0.2) is 4.79 Å². The van der Waals surface area contributed by atoms with Crippen molar-refractivity contribution < 1.29 is 19.1 Å². The first-order valence-electron chi connectivity index (χ1n) is 11.2. The van der Waals surface area contributed by atoms with Gasteiger partial charge in [-0.2, -0.15) is 5.26 Å². The van der Waals surface area contributed by atoms with Crippen LogP contribution in [0.1, 0.15) is 11.1 Å². The molecule has 5 rings (SSSR count). The number of aromatic nitrogens is 2. The van der Waals surface area contributed by atoms with Crippen molar-refractivity contribution >= 4 is 34.1 Å². The molecule has 3 N–H and O–H groups in total. The first-order valence-corrected chi connectivity index (χ1v) is 12.0. The number of nitriles is 1. The molecule has 10 nitrogen and oxygen atoms in total. The second-order valence-electron chi connectivity index (χ2n) is 8.00. The Morgan fingerprint density at radius 3 is 2.54 bits per heavy atom. The Bertz CT molecular complexity index is 1470. The van der Waals surface area contributed by atoms with Gasteiger partial charge in [-0.05, 0) is 48.0 Å². The number of benzene rings is 3. The van der Waals surface area contributed by atoms with Crippen molar-refractivity contribution in [3.05, 3.63) is 83.9 Å². The summed E-state index contributed by atoms with van der Waals surface area (Å²) in [6.45, 7) is 0.171. The number of urea groups is 1. The Labute approximate surface area is 215 Å². The van der Waals surface area contributed by atoms with Gasteiger partial charge in [0.05, 0.1) is 11.6 Å². The van der Waals surface area contributed by atoms with E-state index in [4.69, 9.17) is 14.7 Å². The summed E-state index contributed by atoms with van der Waals surface area (Å²) in [7, 11) is 0. The highest BCUT2D eigenvalue weighted by molar-refractivity contribution is 7.18. The van der Waals surface area contributed by atoms with Crippen LogP contribution in [0.5, 0.6) is 11.5 Å². The zero-order chi connectivity index (χ0) is 25.6. The number of carbonyl (C=O) groups excluding carboxylic acids is 2. The van der Waals surface area contributed by atoms with E-state index in [9.17, 15) is 9.59 Å². The second-order valence-corrected chi connectivity index (χ2v) is 8.98. The number of carbonyl (C=O) groups is 2. The first-order chi connectivity index (χ1) is 18.1. The molecule has 11 heteroatoms. The van der Waals surface area contributed by atoms with Gasteiger partial charge in [0, 0.05) is 17.7 Å². The summed E-state index contributed by atoms with van der Waals surface area (Å²) >= 11 is 1.20. The SMILES string of the molecule is N#Cc1ccc(NC(=O)N[C@H](Cc2ccccc2)C(=O)Nc2nnc(-c3ccc4c(c3)OCO4)s2)cc1. The van der Waals surface area contributed by atoms with Gasteiger partial charge in [0.15, 0.2) is 11.5 Å². The standard InChI is InChI=1S/C26H20N6O4S/c27-14-17-6-9-19(10-7-17)28-25(34)29-20(12-16-4-2-1-3-5-16)23(33)30-26-32-31-24(37-26)18-8-11-21-22(13-18)36-15-35-21/h1-11,13,20H,12,15H2,(H2,28,29,34)(H,30,32,33)/t20-/m1/s1. The lowest BCUT2D eigenvalue weighted by Crippen LogP contribution is -2.46. The van der Waals surface area contributed by atoms with Crippen LogP contribution in [0.4, 0.5) is 15.6 Å². The Morgan fingerprint density at radius 2 is 1.76 bits per heavy atom. The number of hydrogen-bond acceptors (Lipinski definition) is 8. The van der Waals surface area contributed by atoms with E-state index in [1.165, 1.54) is 11.3 Å². The minimum atomic E-state index is -0.890. The van der Waals surface area contributed by atoms with Gasteiger partial charge in [-0.1, -0.05) is 41.7 Å². The average molecular weight is 513 g/mol. The van der Waals surface area contributed by atoms with Crippen LogP contribution < -0.4 is 25.4 Å². The molecule has 0 radical (unpaired) electrons. The highest BCUT2D eigenvalue weighted by atomic mass is 32.1. The number of nitrogens with one attached hydrogen (secondary N) is 3. The summed E-state index contributed by atoms with van der Waals surface area (Å²) < 4.78 is 10.8. The van der Waals surface area contributed by atoms with Crippen LogP contribution in [0.3, 0.4) is 0 Å². The highest BCUT2D eigenvalue weighted by Gasteiger charge is 2.23. The summed E-state index contributed by atoms with van der Waals surface area (Å²) in [6.07, 6.45) is 0.265. The molecular weight excluding hydrogens is 492 g/mol. The Morgan fingerprint density at radius 1 is 0.973 bits per heavy atom. The van der Waals surface area contributed by atoms with Gasteiger partial charge >= 0.3 is 6.03 Å². The van der Waals surface area contributed by atoms with Crippen molar-refractivity contribution in [3.8, 4) is 28.1 Å². The normalized spacial score (nSPS) is 12.3. The highest BCUT2D eigenvalue weighted by Crippen LogP contribution is 2.37. The third-order valence-corrected chi connectivity index (χ3v) is 6.34. The molecular formula is C26H20N6O4S. The van der Waals surface area contributed by atoms with Crippen molar-refractivity contribution in [2.24, 2.45) is 0 Å². The lowest BCUT2D eigenvalue weighted by Gasteiger charge is -2.18. The molecule has 1 atom stereocenters. The van der Waals surface area contributed by atoms with E-state index in [1.54, 1.807) is 30.3 Å². The maximum Gasteiger partial charge on any atom is 0.319 e. The summed E-state index contributed by atoms with van der Waals surface area (Å²) in [5.41, 5.74) is 2.62. The van der Waals surface area contributed by atoms with Gasteiger partial charge in [0.25, 0.3) is 0 Å². The maximum absolute atomic E-state index is 13.2. The van der Waals surface area contributed by atoms with Crippen LogP contribution >= 0.6 is 11.3 Å². The van der Waals surface area contributed by atoms with Crippen LogP contribution in [0.2, 0.25) is 0 Å². The molecule has 0 spiro atoms. The molecule has 3 amide bonds. The number of amides is 3. The third-order valence-electron chi connectivity index (χ3n) is 5.45. The molecule has 0 bridgehead atoms. The minimum absolute atomic E-state index is 0.171. The van der Waals surface area contributed by atoms with Crippen LogP contribution in [-0.4, -0.2) is 35.0 Å². The predicted octanol–water partition coefficient (Wildman–Crippen LogP) is 4.18. The van der Waals surface area contributed by atoms with Crippen LogP contribution in [0.25, 0.3) is 10.6 Å². The largest absolute Gasteiger partial charge is 0.454 e. The van der Waals surface area contributed by atoms with E-state index in [0.29, 0.717) is 32.9 Å². The number of rotatable bonds is 7. The maximum atomic E-state index is 13.2. The van der Waals surface area contributed by atoms with Crippen molar-refractivity contribution in [2.45, 2.75) is 12.5 Å². The van der Waals surface area contributed by atoms with E-state index >= 15 is 0 Å². The summed E-state index contributed by atoms with van der Waals surface area (Å²) in [5.74, 6) is 0.849. The van der Waals surface area contributed by atoms with E-state index in [2.05, 4.69) is 26.1 Å². The predicted molar refractivity (Wildman–Crippen MR) is 137 cm³/mol. The molecule has 0 aliphatic carbocycles. The van der Waals surface area contributed by atoms with Crippen LogP contribution in [0, 0.1) is 11.3 Å². The Kier molecular flexibility index (Phi) is 6.91.